The van der Waals surface area contributed by atoms with Crippen LogP contribution >= 0.6 is 12.4 Å². The van der Waals surface area contributed by atoms with Crippen molar-refractivity contribution >= 4 is 18.3 Å². The average Bonchev–Trinajstić information content (AvgIpc) is 3.17. The summed E-state index contributed by atoms with van der Waals surface area (Å²) in [5.41, 5.74) is 3.97. The van der Waals surface area contributed by atoms with Gasteiger partial charge in [0.2, 0.25) is 5.91 Å². The molecule has 0 radical (unpaired) electrons. The van der Waals surface area contributed by atoms with Gasteiger partial charge in [0.25, 0.3) is 0 Å². The van der Waals surface area contributed by atoms with Gasteiger partial charge in [0.1, 0.15) is 0 Å². The Hall–Kier alpha value is -1.06. The molecule has 0 atom stereocenters. The summed E-state index contributed by atoms with van der Waals surface area (Å²) < 4.78 is 0. The monoisotopic (exact) mass is 296 g/mol. The fraction of sp³-hybridized carbons (Fsp3) is 0.562. The summed E-state index contributed by atoms with van der Waals surface area (Å²) in [7, 11) is 0. The molecule has 1 aromatic rings. The molecule has 1 aliphatic carbocycles. The molecule has 0 heterocycles. The molecule has 0 aromatic heterocycles. The van der Waals surface area contributed by atoms with Gasteiger partial charge in [0.15, 0.2) is 0 Å². The van der Waals surface area contributed by atoms with E-state index in [0.717, 1.165) is 25.4 Å². The van der Waals surface area contributed by atoms with Gasteiger partial charge in [0, 0.05) is 6.54 Å². The first-order chi connectivity index (χ1) is 9.16. The van der Waals surface area contributed by atoms with Crippen molar-refractivity contribution in [3.63, 3.8) is 0 Å². The highest BCUT2D eigenvalue weighted by molar-refractivity contribution is 5.85. The highest BCUT2D eigenvalue weighted by Crippen LogP contribution is 2.27. The Labute approximate surface area is 127 Å². The van der Waals surface area contributed by atoms with E-state index in [1.165, 1.54) is 29.5 Å². The standard InChI is InChI=1S/C16H24N2O.ClH/c1-12-4-3-5-13(2)15(12)8-9-18-16(19)11-17-10-14-6-7-14;/h3-5,14,17H,6-11H2,1-2H3,(H,18,19);1H. The Morgan fingerprint density at radius 1 is 1.25 bits per heavy atom. The molecule has 20 heavy (non-hydrogen) atoms. The van der Waals surface area contributed by atoms with Crippen molar-refractivity contribution in [2.24, 2.45) is 5.92 Å². The first kappa shape index (κ1) is 17.0. The Kier molecular flexibility index (Phi) is 7.03. The molecule has 1 aliphatic rings. The van der Waals surface area contributed by atoms with Gasteiger partial charge in [0.05, 0.1) is 6.54 Å². The van der Waals surface area contributed by atoms with Gasteiger partial charge in [-0.05, 0) is 62.3 Å². The lowest BCUT2D eigenvalue weighted by molar-refractivity contribution is -0.120. The molecular weight excluding hydrogens is 272 g/mol. The molecule has 2 N–H and O–H groups in total. The number of hydrogen-bond acceptors (Lipinski definition) is 2. The van der Waals surface area contributed by atoms with E-state index in [2.05, 4.69) is 42.7 Å². The van der Waals surface area contributed by atoms with Crippen LogP contribution in [0.1, 0.15) is 29.5 Å². The van der Waals surface area contributed by atoms with E-state index in [1.54, 1.807) is 0 Å². The van der Waals surface area contributed by atoms with Crippen molar-refractivity contribution in [3.05, 3.63) is 34.9 Å². The van der Waals surface area contributed by atoms with E-state index in [4.69, 9.17) is 0 Å². The van der Waals surface area contributed by atoms with Gasteiger partial charge < -0.3 is 10.6 Å². The van der Waals surface area contributed by atoms with Crippen LogP contribution in [0.3, 0.4) is 0 Å². The number of halogens is 1. The SMILES string of the molecule is Cc1cccc(C)c1CCNC(=O)CNCC1CC1.Cl. The molecule has 0 aliphatic heterocycles. The molecule has 4 heteroatoms. The summed E-state index contributed by atoms with van der Waals surface area (Å²) in [6.07, 6.45) is 3.55. The Morgan fingerprint density at radius 2 is 1.90 bits per heavy atom. The van der Waals surface area contributed by atoms with E-state index < -0.39 is 0 Å². The Balaban J connectivity index is 0.00000200. The third-order valence-electron chi connectivity index (χ3n) is 3.76. The molecule has 2 rings (SSSR count). The number of nitrogens with one attached hydrogen (secondary N) is 2. The molecule has 1 aromatic carbocycles. The molecule has 0 unspecified atom stereocenters. The maximum absolute atomic E-state index is 11.6. The molecule has 3 nitrogen and oxygen atoms in total. The fourth-order valence-electron chi connectivity index (χ4n) is 2.34. The number of carbonyl (C=O) groups excluding carboxylic acids is 1. The van der Waals surface area contributed by atoms with E-state index >= 15 is 0 Å². The smallest absolute Gasteiger partial charge is 0.233 e. The van der Waals surface area contributed by atoms with Crippen LogP contribution in [0.5, 0.6) is 0 Å². The highest BCUT2D eigenvalue weighted by Gasteiger charge is 2.20. The average molecular weight is 297 g/mol. The predicted octanol–water partition coefficient (Wildman–Crippen LogP) is 2.38. The number of rotatable bonds is 7. The van der Waals surface area contributed by atoms with Gasteiger partial charge in [-0.25, -0.2) is 0 Å². The normalized spacial score (nSPS) is 13.7. The van der Waals surface area contributed by atoms with Gasteiger partial charge in [-0.15, -0.1) is 12.4 Å². The van der Waals surface area contributed by atoms with Crippen molar-refractivity contribution in [2.45, 2.75) is 33.1 Å². The van der Waals surface area contributed by atoms with Crippen LogP contribution in [0.4, 0.5) is 0 Å². The zero-order chi connectivity index (χ0) is 13.7. The molecular formula is C16H25ClN2O. The van der Waals surface area contributed by atoms with E-state index in [0.29, 0.717) is 6.54 Å². The molecule has 1 fully saturated rings. The number of hydrogen-bond donors (Lipinski definition) is 2. The molecule has 1 amide bonds. The lowest BCUT2D eigenvalue weighted by atomic mass is 10.0. The van der Waals surface area contributed by atoms with Crippen LogP contribution in [0.15, 0.2) is 18.2 Å². The summed E-state index contributed by atoms with van der Waals surface area (Å²) in [5, 5.41) is 6.18. The van der Waals surface area contributed by atoms with Gasteiger partial charge >= 0.3 is 0 Å². The van der Waals surface area contributed by atoms with Crippen LogP contribution in [-0.2, 0) is 11.2 Å². The van der Waals surface area contributed by atoms with Gasteiger partial charge in [-0.2, -0.15) is 0 Å². The maximum Gasteiger partial charge on any atom is 0.233 e. The third kappa shape index (κ3) is 5.51. The van der Waals surface area contributed by atoms with Crippen LogP contribution < -0.4 is 10.6 Å². The summed E-state index contributed by atoms with van der Waals surface area (Å²) in [6.45, 7) is 6.41. The van der Waals surface area contributed by atoms with E-state index in [1.807, 2.05) is 0 Å². The number of benzene rings is 1. The molecule has 1 saturated carbocycles. The number of amides is 1. The van der Waals surface area contributed by atoms with Crippen LogP contribution in [0.25, 0.3) is 0 Å². The number of carbonyl (C=O) groups is 1. The summed E-state index contributed by atoms with van der Waals surface area (Å²) in [6, 6.07) is 6.33. The van der Waals surface area contributed by atoms with Crippen molar-refractivity contribution in [2.75, 3.05) is 19.6 Å². The molecule has 112 valence electrons. The largest absolute Gasteiger partial charge is 0.355 e. The van der Waals surface area contributed by atoms with Gasteiger partial charge in [-0.1, -0.05) is 18.2 Å². The zero-order valence-corrected chi connectivity index (χ0v) is 13.2. The predicted molar refractivity (Wildman–Crippen MR) is 85.5 cm³/mol. The van der Waals surface area contributed by atoms with Crippen molar-refractivity contribution in [1.82, 2.24) is 10.6 Å². The zero-order valence-electron chi connectivity index (χ0n) is 12.4. The molecule has 0 saturated heterocycles. The first-order valence-electron chi connectivity index (χ1n) is 7.19. The second kappa shape index (κ2) is 8.28. The molecule has 0 spiro atoms. The summed E-state index contributed by atoms with van der Waals surface area (Å²) in [5.74, 6) is 0.925. The third-order valence-corrected chi connectivity index (χ3v) is 3.76. The Bertz CT molecular complexity index is 424. The van der Waals surface area contributed by atoms with E-state index in [-0.39, 0.29) is 18.3 Å². The van der Waals surface area contributed by atoms with Crippen molar-refractivity contribution < 1.29 is 4.79 Å². The van der Waals surface area contributed by atoms with Crippen LogP contribution in [-0.4, -0.2) is 25.5 Å². The topological polar surface area (TPSA) is 41.1 Å². The van der Waals surface area contributed by atoms with Crippen molar-refractivity contribution in [1.29, 1.82) is 0 Å². The highest BCUT2D eigenvalue weighted by atomic mass is 35.5. The fourth-order valence-corrected chi connectivity index (χ4v) is 2.34. The van der Waals surface area contributed by atoms with Gasteiger partial charge in [-0.3, -0.25) is 4.79 Å². The van der Waals surface area contributed by atoms with E-state index in [9.17, 15) is 4.79 Å². The number of aryl methyl sites for hydroxylation is 2. The first-order valence-corrected chi connectivity index (χ1v) is 7.19. The quantitative estimate of drug-likeness (QED) is 0.811. The van der Waals surface area contributed by atoms with Crippen LogP contribution in [0.2, 0.25) is 0 Å². The summed E-state index contributed by atoms with van der Waals surface area (Å²) in [4.78, 5) is 11.6. The second-order valence-corrected chi connectivity index (χ2v) is 5.54. The minimum atomic E-state index is 0. The molecule has 0 bridgehead atoms. The minimum absolute atomic E-state index is 0. The minimum Gasteiger partial charge on any atom is -0.355 e. The Morgan fingerprint density at radius 3 is 2.50 bits per heavy atom. The lowest BCUT2D eigenvalue weighted by Gasteiger charge is -2.10. The van der Waals surface area contributed by atoms with Crippen molar-refractivity contribution in [3.8, 4) is 0 Å². The second-order valence-electron chi connectivity index (χ2n) is 5.54. The lowest BCUT2D eigenvalue weighted by Crippen LogP contribution is -2.35. The summed E-state index contributed by atoms with van der Waals surface area (Å²) >= 11 is 0. The maximum atomic E-state index is 11.6. The van der Waals surface area contributed by atoms with Crippen LogP contribution in [0, 0.1) is 19.8 Å².